The second-order valence-electron chi connectivity index (χ2n) is 4.22. The minimum absolute atomic E-state index is 0.00326. The van der Waals surface area contributed by atoms with Crippen LogP contribution in [0, 0.1) is 0 Å². The third-order valence-electron chi connectivity index (χ3n) is 2.83. The van der Waals surface area contributed by atoms with Crippen LogP contribution in [-0.2, 0) is 16.0 Å². The fourth-order valence-electron chi connectivity index (χ4n) is 1.94. The maximum absolute atomic E-state index is 11.8. The average Bonchev–Trinajstić information content (AvgIpc) is 2.82. The zero-order chi connectivity index (χ0) is 13.5. The summed E-state index contributed by atoms with van der Waals surface area (Å²) in [4.78, 5) is 14.9. The van der Waals surface area contributed by atoms with E-state index in [1.165, 1.54) is 0 Å². The molecule has 0 saturated heterocycles. The largest absolute Gasteiger partial charge is 0.394 e. The number of aliphatic hydroxyl groups is 1. The van der Waals surface area contributed by atoms with Gasteiger partial charge in [0.2, 0.25) is 5.91 Å². The van der Waals surface area contributed by atoms with E-state index in [0.29, 0.717) is 26.2 Å². The Kier molecular flexibility index (Phi) is 4.94. The van der Waals surface area contributed by atoms with Crippen molar-refractivity contribution in [3.63, 3.8) is 0 Å². The van der Waals surface area contributed by atoms with Crippen LogP contribution in [0.4, 0.5) is 0 Å². The van der Waals surface area contributed by atoms with Gasteiger partial charge < -0.3 is 20.1 Å². The van der Waals surface area contributed by atoms with E-state index >= 15 is 0 Å². The Morgan fingerprint density at radius 1 is 1.32 bits per heavy atom. The van der Waals surface area contributed by atoms with E-state index < -0.39 is 0 Å². The quantitative estimate of drug-likeness (QED) is 0.647. The Labute approximate surface area is 111 Å². The maximum atomic E-state index is 11.8. The Bertz CT molecular complexity index is 536. The van der Waals surface area contributed by atoms with Gasteiger partial charge in [-0.15, -0.1) is 0 Å². The maximum Gasteiger partial charge on any atom is 0.224 e. The molecule has 2 rings (SSSR count). The minimum Gasteiger partial charge on any atom is -0.394 e. The van der Waals surface area contributed by atoms with Crippen LogP contribution in [0.5, 0.6) is 0 Å². The number of rotatable bonds is 7. The Morgan fingerprint density at radius 2 is 2.16 bits per heavy atom. The second kappa shape index (κ2) is 6.92. The van der Waals surface area contributed by atoms with Crippen molar-refractivity contribution >= 4 is 16.8 Å². The second-order valence-corrected chi connectivity index (χ2v) is 4.22. The summed E-state index contributed by atoms with van der Waals surface area (Å²) >= 11 is 0. The first-order chi connectivity index (χ1) is 9.31. The number of carbonyl (C=O) groups excluding carboxylic acids is 1. The molecule has 0 spiro atoms. The number of para-hydroxylation sites is 1. The van der Waals surface area contributed by atoms with Gasteiger partial charge in [0, 0.05) is 23.6 Å². The predicted octanol–water partition coefficient (Wildman–Crippen LogP) is 0.835. The van der Waals surface area contributed by atoms with Gasteiger partial charge >= 0.3 is 0 Å². The first-order valence-electron chi connectivity index (χ1n) is 6.31. The summed E-state index contributed by atoms with van der Waals surface area (Å²) < 4.78 is 5.07. The summed E-state index contributed by atoms with van der Waals surface area (Å²) in [5, 5.41) is 12.4. The highest BCUT2D eigenvalue weighted by Gasteiger charge is 2.07. The molecule has 0 aliphatic carbocycles. The molecule has 3 N–H and O–H groups in total. The first-order valence-corrected chi connectivity index (χ1v) is 6.31. The fraction of sp³-hybridized carbons (Fsp3) is 0.357. The van der Waals surface area contributed by atoms with Crippen molar-refractivity contribution in [1.82, 2.24) is 10.3 Å². The number of aliphatic hydroxyl groups excluding tert-OH is 1. The number of H-pyrrole nitrogens is 1. The highest BCUT2D eigenvalue weighted by Crippen LogP contribution is 2.17. The summed E-state index contributed by atoms with van der Waals surface area (Å²) in [6, 6.07) is 7.90. The molecule has 5 nitrogen and oxygen atoms in total. The number of aromatic amines is 1. The molecule has 0 aliphatic heterocycles. The normalized spacial score (nSPS) is 10.8. The molecular formula is C14H18N2O3. The van der Waals surface area contributed by atoms with Crippen LogP contribution in [0.15, 0.2) is 30.5 Å². The minimum atomic E-state index is -0.0302. The lowest BCUT2D eigenvalue weighted by atomic mass is 10.1. The van der Waals surface area contributed by atoms with Crippen molar-refractivity contribution in [3.05, 3.63) is 36.0 Å². The van der Waals surface area contributed by atoms with E-state index in [4.69, 9.17) is 9.84 Å². The average molecular weight is 262 g/mol. The van der Waals surface area contributed by atoms with Gasteiger partial charge in [-0.1, -0.05) is 18.2 Å². The van der Waals surface area contributed by atoms with Crippen molar-refractivity contribution in [2.75, 3.05) is 26.4 Å². The van der Waals surface area contributed by atoms with Crippen LogP contribution in [-0.4, -0.2) is 42.4 Å². The molecule has 0 radical (unpaired) electrons. The van der Waals surface area contributed by atoms with Gasteiger partial charge in [-0.2, -0.15) is 0 Å². The van der Waals surface area contributed by atoms with Crippen molar-refractivity contribution in [1.29, 1.82) is 0 Å². The number of nitrogens with one attached hydrogen (secondary N) is 2. The number of amides is 1. The van der Waals surface area contributed by atoms with Gasteiger partial charge in [0.15, 0.2) is 0 Å². The van der Waals surface area contributed by atoms with Gasteiger partial charge in [-0.3, -0.25) is 4.79 Å². The zero-order valence-corrected chi connectivity index (χ0v) is 10.7. The molecule has 1 aromatic carbocycles. The molecule has 19 heavy (non-hydrogen) atoms. The van der Waals surface area contributed by atoms with Gasteiger partial charge in [0.05, 0.1) is 26.2 Å². The van der Waals surface area contributed by atoms with E-state index in [2.05, 4.69) is 10.3 Å². The summed E-state index contributed by atoms with van der Waals surface area (Å²) in [5.74, 6) is -0.0302. The van der Waals surface area contributed by atoms with Crippen molar-refractivity contribution < 1.29 is 14.6 Å². The van der Waals surface area contributed by atoms with Crippen molar-refractivity contribution in [2.45, 2.75) is 6.42 Å². The molecule has 1 heterocycles. The fourth-order valence-corrected chi connectivity index (χ4v) is 1.94. The molecule has 0 aliphatic rings. The Hall–Kier alpha value is -1.85. The number of aromatic nitrogens is 1. The number of hydrogen-bond acceptors (Lipinski definition) is 3. The number of fused-ring (bicyclic) bond motifs is 1. The van der Waals surface area contributed by atoms with Crippen LogP contribution in [0.25, 0.3) is 10.9 Å². The predicted molar refractivity (Wildman–Crippen MR) is 72.9 cm³/mol. The van der Waals surface area contributed by atoms with Crippen LogP contribution >= 0.6 is 0 Å². The Balaban J connectivity index is 1.82. The van der Waals surface area contributed by atoms with Gasteiger partial charge in [0.25, 0.3) is 0 Å². The number of hydrogen-bond donors (Lipinski definition) is 3. The van der Waals surface area contributed by atoms with Crippen molar-refractivity contribution in [2.24, 2.45) is 0 Å². The van der Waals surface area contributed by atoms with Gasteiger partial charge in [-0.05, 0) is 11.6 Å². The Morgan fingerprint density at radius 3 is 3.00 bits per heavy atom. The van der Waals surface area contributed by atoms with E-state index in [-0.39, 0.29) is 12.5 Å². The van der Waals surface area contributed by atoms with Gasteiger partial charge in [-0.25, -0.2) is 0 Å². The molecule has 0 fully saturated rings. The summed E-state index contributed by atoms with van der Waals surface area (Å²) in [6.07, 6.45) is 2.22. The summed E-state index contributed by atoms with van der Waals surface area (Å²) in [5.41, 5.74) is 2.03. The van der Waals surface area contributed by atoms with Crippen LogP contribution in [0.2, 0.25) is 0 Å². The van der Waals surface area contributed by atoms with E-state index in [1.54, 1.807) is 0 Å². The lowest BCUT2D eigenvalue weighted by Gasteiger charge is -2.05. The molecule has 5 heteroatoms. The molecule has 0 atom stereocenters. The van der Waals surface area contributed by atoms with Crippen LogP contribution in [0.3, 0.4) is 0 Å². The van der Waals surface area contributed by atoms with Crippen LogP contribution in [0.1, 0.15) is 5.56 Å². The van der Waals surface area contributed by atoms with E-state index in [1.807, 2.05) is 30.5 Å². The number of ether oxygens (including phenoxy) is 1. The van der Waals surface area contributed by atoms with Gasteiger partial charge in [0.1, 0.15) is 0 Å². The van der Waals surface area contributed by atoms with Crippen LogP contribution < -0.4 is 5.32 Å². The number of carbonyl (C=O) groups is 1. The first kappa shape index (κ1) is 13.6. The highest BCUT2D eigenvalue weighted by atomic mass is 16.5. The molecular weight excluding hydrogens is 244 g/mol. The summed E-state index contributed by atoms with van der Waals surface area (Å²) in [7, 11) is 0. The smallest absolute Gasteiger partial charge is 0.224 e. The van der Waals surface area contributed by atoms with E-state index in [0.717, 1.165) is 16.5 Å². The molecule has 0 saturated carbocycles. The molecule has 0 unspecified atom stereocenters. The molecule has 102 valence electrons. The molecule has 2 aromatic rings. The van der Waals surface area contributed by atoms with E-state index in [9.17, 15) is 4.79 Å². The van der Waals surface area contributed by atoms with Crippen molar-refractivity contribution in [3.8, 4) is 0 Å². The monoisotopic (exact) mass is 262 g/mol. The topological polar surface area (TPSA) is 74.4 Å². The summed E-state index contributed by atoms with van der Waals surface area (Å²) in [6.45, 7) is 1.18. The third kappa shape index (κ3) is 3.81. The molecule has 1 aromatic heterocycles. The molecule has 0 bridgehead atoms. The molecule has 1 amide bonds. The lowest BCUT2D eigenvalue weighted by molar-refractivity contribution is -0.120. The third-order valence-corrected chi connectivity index (χ3v) is 2.83. The number of benzene rings is 1. The highest BCUT2D eigenvalue weighted by molar-refractivity contribution is 5.88. The zero-order valence-electron chi connectivity index (χ0n) is 10.7. The lowest BCUT2D eigenvalue weighted by Crippen LogP contribution is -2.28. The standard InChI is InChI=1S/C14H18N2O3/c17-6-8-19-7-5-15-14(18)9-11-10-16-13-4-2-1-3-12(11)13/h1-4,10,16-17H,5-9H2,(H,15,18). The SMILES string of the molecule is O=C(Cc1c[nH]c2ccccc12)NCCOCCO.